The number of carbonyl (C=O) groups is 1. The largest absolute Gasteiger partial charge is 0.452 e. The fourth-order valence-electron chi connectivity index (χ4n) is 1.22. The van der Waals surface area contributed by atoms with Gasteiger partial charge in [-0.15, -0.1) is 0 Å². The molecule has 0 unspecified atom stereocenters. The second-order valence-electron chi connectivity index (χ2n) is 3.07. The topological polar surface area (TPSA) is 63.7 Å². The minimum absolute atomic E-state index is 0.0926. The minimum Gasteiger partial charge on any atom is -0.452 e. The van der Waals surface area contributed by atoms with Crippen molar-refractivity contribution in [1.82, 2.24) is 4.31 Å². The number of thiol groups is 1. The number of carbonyl (C=O) groups excluding carboxylic acids is 1. The summed E-state index contributed by atoms with van der Waals surface area (Å²) in [4.78, 5) is 11.1. The number of rotatable bonds is 4. The fraction of sp³-hybridized carbons (Fsp3) is 0.300. The van der Waals surface area contributed by atoms with E-state index in [1.165, 1.54) is 0 Å². The lowest BCUT2D eigenvalue weighted by Gasteiger charge is -2.13. The van der Waals surface area contributed by atoms with Crippen LogP contribution in [0.2, 0.25) is 0 Å². The van der Waals surface area contributed by atoms with Gasteiger partial charge in [-0.05, 0) is 12.0 Å². The molecule has 1 aromatic carbocycles. The number of methoxy groups -OCH3 is 1. The van der Waals surface area contributed by atoms with E-state index in [-0.39, 0.29) is 6.54 Å². The summed E-state index contributed by atoms with van der Waals surface area (Å²) >= 11 is 0. The Kier molecular flexibility index (Phi) is 4.78. The molecule has 0 spiro atoms. The normalized spacial score (nSPS) is 10.1. The summed E-state index contributed by atoms with van der Waals surface area (Å²) in [5, 5.41) is 0. The summed E-state index contributed by atoms with van der Waals surface area (Å²) in [5.74, 6) is 0. The van der Waals surface area contributed by atoms with E-state index >= 15 is 0 Å². The number of amides is 1. The van der Waals surface area contributed by atoms with Gasteiger partial charge in [0.1, 0.15) is 0 Å². The number of hydrogen-bond acceptors (Lipinski definition) is 4. The summed E-state index contributed by atoms with van der Waals surface area (Å²) in [7, 11) is -1.80. The van der Waals surface area contributed by atoms with Gasteiger partial charge in [0.05, 0.1) is 7.11 Å². The molecule has 0 aliphatic heterocycles. The fourth-order valence-corrected chi connectivity index (χ4v) is 1.70. The van der Waals surface area contributed by atoms with E-state index in [0.29, 0.717) is 10.7 Å². The second kappa shape index (κ2) is 6.12. The number of benzene rings is 1. The van der Waals surface area contributed by atoms with Crippen LogP contribution in [0.1, 0.15) is 5.56 Å². The molecule has 0 radical (unpaired) electrons. The van der Waals surface area contributed by atoms with Crippen LogP contribution in [-0.4, -0.2) is 32.5 Å². The highest BCUT2D eigenvalue weighted by Gasteiger charge is 2.15. The molecule has 1 rings (SSSR count). The average molecular weight is 243 g/mol. The third-order valence-electron chi connectivity index (χ3n) is 2.04. The Bertz CT molecular complexity index is 408. The van der Waals surface area contributed by atoms with Crippen molar-refractivity contribution in [3.8, 4) is 0 Å². The van der Waals surface area contributed by atoms with Crippen molar-refractivity contribution in [2.75, 3.05) is 13.7 Å². The maximum atomic E-state index is 11.1. The summed E-state index contributed by atoms with van der Waals surface area (Å²) in [6, 6.07) is 9.32. The van der Waals surface area contributed by atoms with Crippen LogP contribution in [-0.2, 0) is 22.0 Å². The summed E-state index contributed by atoms with van der Waals surface area (Å²) < 4.78 is 26.6. The third-order valence-corrected chi connectivity index (χ3v) is 2.80. The number of nitrogens with zero attached hydrogens (tertiary/aromatic N) is 1. The van der Waals surface area contributed by atoms with Gasteiger partial charge in [-0.1, -0.05) is 30.3 Å². The second-order valence-corrected chi connectivity index (χ2v) is 4.03. The first-order chi connectivity index (χ1) is 7.65. The maximum absolute atomic E-state index is 11.1. The summed E-state index contributed by atoms with van der Waals surface area (Å²) in [5.41, 5.74) is 0.966. The van der Waals surface area contributed by atoms with Crippen LogP contribution < -0.4 is 0 Å². The molecule has 0 bridgehead atoms. The highest BCUT2D eigenvalue weighted by Crippen LogP contribution is 2.02. The zero-order valence-electron chi connectivity index (χ0n) is 8.83. The van der Waals surface area contributed by atoms with Gasteiger partial charge in [0.2, 0.25) is 10.9 Å². The molecule has 0 aliphatic carbocycles. The van der Waals surface area contributed by atoms with Gasteiger partial charge in [0, 0.05) is 6.54 Å². The molecule has 0 aliphatic rings. The summed E-state index contributed by atoms with van der Waals surface area (Å²) in [6.07, 6.45) is -0.383. The number of ether oxygens (including phenoxy) is 1. The van der Waals surface area contributed by atoms with Crippen molar-refractivity contribution in [2.24, 2.45) is 0 Å². The van der Waals surface area contributed by atoms with Crippen LogP contribution >= 0.6 is 0 Å². The molecule has 0 atom stereocenters. The van der Waals surface area contributed by atoms with Crippen LogP contribution in [0.15, 0.2) is 30.3 Å². The van der Waals surface area contributed by atoms with Gasteiger partial charge in [0.15, 0.2) is 0 Å². The molecular weight excluding hydrogens is 230 g/mol. The van der Waals surface area contributed by atoms with E-state index in [9.17, 15) is 13.2 Å². The molecule has 6 heteroatoms. The average Bonchev–Trinajstić information content (AvgIpc) is 2.30. The molecule has 0 saturated carbocycles. The molecule has 1 amide bonds. The van der Waals surface area contributed by atoms with E-state index in [4.69, 9.17) is 0 Å². The first-order valence-electron chi connectivity index (χ1n) is 4.69. The smallest absolute Gasteiger partial charge is 0.423 e. The molecule has 0 aromatic heterocycles. The van der Waals surface area contributed by atoms with Crippen LogP contribution in [0.3, 0.4) is 0 Å². The molecule has 0 heterocycles. The number of hydrogen-bond donors (Lipinski definition) is 1. The van der Waals surface area contributed by atoms with E-state index in [2.05, 4.69) is 4.74 Å². The van der Waals surface area contributed by atoms with Gasteiger partial charge in [-0.25, -0.2) is 17.5 Å². The maximum Gasteiger partial charge on any atom is 0.423 e. The van der Waals surface area contributed by atoms with Gasteiger partial charge in [-0.2, -0.15) is 0 Å². The van der Waals surface area contributed by atoms with Crippen molar-refractivity contribution in [3.63, 3.8) is 0 Å². The van der Waals surface area contributed by atoms with E-state index in [0.717, 1.165) is 12.7 Å². The van der Waals surface area contributed by atoms with Crippen LogP contribution in [0.4, 0.5) is 4.79 Å². The molecule has 5 nitrogen and oxygen atoms in total. The third kappa shape index (κ3) is 3.54. The first-order valence-corrected chi connectivity index (χ1v) is 5.82. The quantitative estimate of drug-likeness (QED) is 0.795. The SMILES string of the molecule is COC(=O)N(CCc1ccccc1)[SH](=O)=O. The standard InChI is InChI=1S/C10H13NO4S/c1-15-10(12)11(16(13)14)8-7-9-5-3-2-4-6-9/h2-6,16H,7-8H2,1H3. The van der Waals surface area contributed by atoms with Gasteiger partial charge in [0.25, 0.3) is 0 Å². The molecule has 0 saturated heterocycles. The Labute approximate surface area is 95.7 Å². The molecule has 1 aromatic rings. The highest BCUT2D eigenvalue weighted by atomic mass is 32.2. The lowest BCUT2D eigenvalue weighted by molar-refractivity contribution is 0.150. The van der Waals surface area contributed by atoms with Gasteiger partial charge < -0.3 is 4.74 Å². The van der Waals surface area contributed by atoms with Crippen LogP contribution in [0.25, 0.3) is 0 Å². The highest BCUT2D eigenvalue weighted by molar-refractivity contribution is 7.70. The van der Waals surface area contributed by atoms with E-state index < -0.39 is 17.0 Å². The van der Waals surface area contributed by atoms with E-state index in [1.54, 1.807) is 0 Å². The monoisotopic (exact) mass is 243 g/mol. The molecule has 0 N–H and O–H groups in total. The van der Waals surface area contributed by atoms with Crippen molar-refractivity contribution in [1.29, 1.82) is 0 Å². The van der Waals surface area contributed by atoms with Crippen LogP contribution in [0, 0.1) is 0 Å². The van der Waals surface area contributed by atoms with Crippen molar-refractivity contribution < 1.29 is 17.9 Å². The Morgan fingerprint density at radius 3 is 2.44 bits per heavy atom. The molecule has 16 heavy (non-hydrogen) atoms. The zero-order valence-corrected chi connectivity index (χ0v) is 9.72. The van der Waals surface area contributed by atoms with Crippen LogP contribution in [0.5, 0.6) is 0 Å². The Morgan fingerprint density at radius 2 is 1.94 bits per heavy atom. The lowest BCUT2D eigenvalue weighted by Crippen LogP contribution is -2.31. The van der Waals surface area contributed by atoms with E-state index in [1.807, 2.05) is 30.3 Å². The summed E-state index contributed by atoms with van der Waals surface area (Å²) in [6.45, 7) is 0.0926. The predicted octanol–water partition coefficient (Wildman–Crippen LogP) is 0.824. The van der Waals surface area contributed by atoms with Crippen molar-refractivity contribution in [3.05, 3.63) is 35.9 Å². The lowest BCUT2D eigenvalue weighted by atomic mass is 10.1. The zero-order chi connectivity index (χ0) is 12.0. The Hall–Kier alpha value is -1.56. The van der Waals surface area contributed by atoms with Gasteiger partial charge in [-0.3, -0.25) is 0 Å². The first kappa shape index (κ1) is 12.5. The molecule has 88 valence electrons. The predicted molar refractivity (Wildman–Crippen MR) is 59.6 cm³/mol. The Morgan fingerprint density at radius 1 is 1.31 bits per heavy atom. The van der Waals surface area contributed by atoms with Crippen molar-refractivity contribution in [2.45, 2.75) is 6.42 Å². The minimum atomic E-state index is -2.95. The van der Waals surface area contributed by atoms with Gasteiger partial charge >= 0.3 is 6.09 Å². The molecule has 0 fully saturated rings. The molecular formula is C10H13NO4S. The van der Waals surface area contributed by atoms with Crippen molar-refractivity contribution >= 4 is 17.0 Å². The Balaban J connectivity index is 2.61.